The van der Waals surface area contributed by atoms with Crippen LogP contribution in [-0.2, 0) is 14.8 Å². The molecule has 6 nitrogen and oxygen atoms in total. The van der Waals surface area contributed by atoms with Crippen molar-refractivity contribution in [1.29, 1.82) is 0 Å². The summed E-state index contributed by atoms with van der Waals surface area (Å²) in [6, 6.07) is 4.75. The largest absolute Gasteiger partial charge is 0.378 e. The summed E-state index contributed by atoms with van der Waals surface area (Å²) >= 11 is 0. The zero-order valence-corrected chi connectivity index (χ0v) is 14.6. The Kier molecular flexibility index (Phi) is 5.01. The second kappa shape index (κ2) is 6.84. The summed E-state index contributed by atoms with van der Waals surface area (Å²) < 4.78 is 31.2. The van der Waals surface area contributed by atoms with Crippen LogP contribution in [0, 0.1) is 0 Å². The molecule has 128 valence electrons. The molecule has 2 saturated heterocycles. The van der Waals surface area contributed by atoms with Crippen molar-refractivity contribution in [1.82, 2.24) is 14.2 Å². The highest BCUT2D eigenvalue weighted by Crippen LogP contribution is 2.39. The van der Waals surface area contributed by atoms with Crippen LogP contribution in [0.5, 0.6) is 0 Å². The third-order valence-electron chi connectivity index (χ3n) is 5.10. The molecular weight excluding hydrogens is 314 g/mol. The average Bonchev–Trinajstić information content (AvgIpc) is 2.56. The molecule has 0 spiro atoms. The summed E-state index contributed by atoms with van der Waals surface area (Å²) in [5.41, 5.74) is 1.22. The molecule has 0 aromatic carbocycles. The van der Waals surface area contributed by atoms with Gasteiger partial charge in [0.05, 0.1) is 17.9 Å². The van der Waals surface area contributed by atoms with Crippen LogP contribution in [0.4, 0.5) is 0 Å². The summed E-state index contributed by atoms with van der Waals surface area (Å²) in [6.07, 6.45) is 5.60. The minimum Gasteiger partial charge on any atom is -0.378 e. The fraction of sp³-hybridized carbons (Fsp3) is 0.688. The molecule has 2 aliphatic heterocycles. The lowest BCUT2D eigenvalue weighted by Gasteiger charge is -2.52. The molecule has 0 radical (unpaired) electrons. The van der Waals surface area contributed by atoms with Crippen molar-refractivity contribution >= 4 is 10.0 Å². The predicted octanol–water partition coefficient (Wildman–Crippen LogP) is 1.27. The zero-order chi connectivity index (χ0) is 16.4. The van der Waals surface area contributed by atoms with E-state index in [0.29, 0.717) is 19.1 Å². The first-order valence-corrected chi connectivity index (χ1v) is 9.84. The number of sulfonamides is 1. The number of aromatic nitrogens is 1. The highest BCUT2D eigenvalue weighted by atomic mass is 32.2. The highest BCUT2D eigenvalue weighted by Gasteiger charge is 2.44. The number of hydrogen-bond acceptors (Lipinski definition) is 5. The SMILES string of the molecule is CCS(=O)(=O)N1CCC(N2CC(OC)C2c2ccncc2)CC1. The average molecular weight is 339 g/mol. The first kappa shape index (κ1) is 16.8. The van der Waals surface area contributed by atoms with Crippen LogP contribution in [0.3, 0.4) is 0 Å². The lowest BCUT2D eigenvalue weighted by Crippen LogP contribution is -2.60. The maximum atomic E-state index is 12.0. The lowest BCUT2D eigenvalue weighted by molar-refractivity contribution is -0.114. The standard InChI is InChI=1S/C16H25N3O3S/c1-3-23(20,21)18-10-6-14(7-11-18)19-12-15(22-2)16(19)13-4-8-17-9-5-13/h4-5,8-9,14-16H,3,6-7,10-12H2,1-2H3. The number of ether oxygens (including phenoxy) is 1. The van der Waals surface area contributed by atoms with E-state index in [4.69, 9.17) is 4.74 Å². The van der Waals surface area contributed by atoms with E-state index in [-0.39, 0.29) is 17.9 Å². The summed E-state index contributed by atoms with van der Waals surface area (Å²) in [6.45, 7) is 3.87. The topological polar surface area (TPSA) is 62.7 Å². The molecular formula is C16H25N3O3S. The van der Waals surface area contributed by atoms with Crippen LogP contribution < -0.4 is 0 Å². The molecule has 2 aliphatic rings. The Hall–Kier alpha value is -1.02. The Morgan fingerprint density at radius 2 is 1.91 bits per heavy atom. The Labute approximate surface area is 138 Å². The number of likely N-dealkylation sites (tertiary alicyclic amines) is 1. The number of pyridine rings is 1. The fourth-order valence-electron chi connectivity index (χ4n) is 3.68. The molecule has 0 bridgehead atoms. The van der Waals surface area contributed by atoms with Crippen molar-refractivity contribution < 1.29 is 13.2 Å². The van der Waals surface area contributed by atoms with E-state index < -0.39 is 10.0 Å². The maximum Gasteiger partial charge on any atom is 0.213 e. The summed E-state index contributed by atoms with van der Waals surface area (Å²) in [5.74, 6) is 0.187. The first-order chi connectivity index (χ1) is 11.1. The van der Waals surface area contributed by atoms with Gasteiger partial charge in [0.15, 0.2) is 0 Å². The van der Waals surface area contributed by atoms with Crippen LogP contribution in [0.2, 0.25) is 0 Å². The smallest absolute Gasteiger partial charge is 0.213 e. The number of hydrogen-bond donors (Lipinski definition) is 0. The minimum absolute atomic E-state index is 0.187. The van der Waals surface area contributed by atoms with Crippen molar-refractivity contribution in [2.75, 3.05) is 32.5 Å². The third kappa shape index (κ3) is 3.28. The van der Waals surface area contributed by atoms with Gasteiger partial charge in [-0.2, -0.15) is 0 Å². The Morgan fingerprint density at radius 3 is 2.48 bits per heavy atom. The van der Waals surface area contributed by atoms with Crippen LogP contribution in [0.15, 0.2) is 24.5 Å². The van der Waals surface area contributed by atoms with Crippen molar-refractivity contribution in [3.8, 4) is 0 Å². The molecule has 0 N–H and O–H groups in total. The van der Waals surface area contributed by atoms with Crippen LogP contribution in [0.1, 0.15) is 31.4 Å². The molecule has 0 aliphatic carbocycles. The monoisotopic (exact) mass is 339 g/mol. The van der Waals surface area contributed by atoms with Gasteiger partial charge in [0.25, 0.3) is 0 Å². The first-order valence-electron chi connectivity index (χ1n) is 8.23. The molecule has 1 aromatic rings. The number of piperidine rings is 1. The van der Waals surface area contributed by atoms with Gasteiger partial charge in [-0.3, -0.25) is 9.88 Å². The molecule has 0 saturated carbocycles. The second-order valence-electron chi connectivity index (χ2n) is 6.23. The fourth-order valence-corrected chi connectivity index (χ4v) is 4.81. The number of rotatable bonds is 5. The highest BCUT2D eigenvalue weighted by molar-refractivity contribution is 7.89. The van der Waals surface area contributed by atoms with E-state index in [2.05, 4.69) is 9.88 Å². The van der Waals surface area contributed by atoms with E-state index in [1.807, 2.05) is 24.5 Å². The summed E-state index contributed by atoms with van der Waals surface area (Å²) in [7, 11) is -1.30. The third-order valence-corrected chi connectivity index (χ3v) is 6.98. The number of nitrogens with zero attached hydrogens (tertiary/aromatic N) is 3. The molecule has 2 atom stereocenters. The molecule has 2 unspecified atom stereocenters. The molecule has 3 heterocycles. The van der Waals surface area contributed by atoms with Gasteiger partial charge in [0.2, 0.25) is 10.0 Å². The lowest BCUT2D eigenvalue weighted by atomic mass is 9.87. The normalized spacial score (nSPS) is 27.7. The van der Waals surface area contributed by atoms with E-state index in [0.717, 1.165) is 19.4 Å². The molecule has 7 heteroatoms. The van der Waals surface area contributed by atoms with E-state index in [1.54, 1.807) is 18.3 Å². The Morgan fingerprint density at radius 1 is 1.26 bits per heavy atom. The Balaban J connectivity index is 1.66. The van der Waals surface area contributed by atoms with E-state index >= 15 is 0 Å². The van der Waals surface area contributed by atoms with Crippen LogP contribution >= 0.6 is 0 Å². The summed E-state index contributed by atoms with van der Waals surface area (Å²) in [5, 5.41) is 0. The molecule has 0 amide bonds. The quantitative estimate of drug-likeness (QED) is 0.808. The molecule has 23 heavy (non-hydrogen) atoms. The maximum absolute atomic E-state index is 12.0. The van der Waals surface area contributed by atoms with Crippen molar-refractivity contribution in [3.05, 3.63) is 30.1 Å². The van der Waals surface area contributed by atoms with E-state index in [9.17, 15) is 8.42 Å². The summed E-state index contributed by atoms with van der Waals surface area (Å²) in [4.78, 5) is 6.55. The second-order valence-corrected chi connectivity index (χ2v) is 8.48. The Bertz CT molecular complexity index is 615. The molecule has 2 fully saturated rings. The van der Waals surface area contributed by atoms with Gasteiger partial charge in [0, 0.05) is 45.2 Å². The minimum atomic E-state index is -3.06. The van der Waals surface area contributed by atoms with Gasteiger partial charge >= 0.3 is 0 Å². The van der Waals surface area contributed by atoms with Gasteiger partial charge in [-0.25, -0.2) is 12.7 Å². The number of methoxy groups -OCH3 is 1. The van der Waals surface area contributed by atoms with E-state index in [1.165, 1.54) is 5.56 Å². The van der Waals surface area contributed by atoms with Gasteiger partial charge in [0.1, 0.15) is 0 Å². The van der Waals surface area contributed by atoms with Gasteiger partial charge in [-0.15, -0.1) is 0 Å². The van der Waals surface area contributed by atoms with Gasteiger partial charge in [-0.1, -0.05) is 0 Å². The van der Waals surface area contributed by atoms with Crippen molar-refractivity contribution in [3.63, 3.8) is 0 Å². The van der Waals surface area contributed by atoms with Crippen molar-refractivity contribution in [2.24, 2.45) is 0 Å². The van der Waals surface area contributed by atoms with Gasteiger partial charge < -0.3 is 4.74 Å². The predicted molar refractivity (Wildman–Crippen MR) is 88.5 cm³/mol. The van der Waals surface area contributed by atoms with Crippen LogP contribution in [0.25, 0.3) is 0 Å². The van der Waals surface area contributed by atoms with Crippen LogP contribution in [-0.4, -0.2) is 67.2 Å². The molecule has 3 rings (SSSR count). The van der Waals surface area contributed by atoms with Gasteiger partial charge in [-0.05, 0) is 37.5 Å². The molecule has 1 aromatic heterocycles. The zero-order valence-electron chi connectivity index (χ0n) is 13.8. The van der Waals surface area contributed by atoms with Crippen molar-refractivity contribution in [2.45, 2.75) is 38.0 Å².